The van der Waals surface area contributed by atoms with Crippen molar-refractivity contribution < 1.29 is 0 Å². The Morgan fingerprint density at radius 3 is 1.10 bits per heavy atom. The van der Waals surface area contributed by atoms with E-state index in [0.29, 0.717) is 10.8 Å². The molecule has 0 aromatic heterocycles. The van der Waals surface area contributed by atoms with Gasteiger partial charge in [-0.25, -0.2) is 0 Å². The monoisotopic (exact) mass is 1740 g/mol. The van der Waals surface area contributed by atoms with Crippen molar-refractivity contribution in [2.75, 3.05) is 9.80 Å². The minimum Gasteiger partial charge on any atom is -0.334 e. The fourth-order valence-corrected chi connectivity index (χ4v) is 27.8. The van der Waals surface area contributed by atoms with Crippen molar-refractivity contribution in [2.45, 2.75) is 163 Å². The second kappa shape index (κ2) is 28.4. The van der Waals surface area contributed by atoms with Gasteiger partial charge in [-0.3, -0.25) is 0 Å². The third kappa shape index (κ3) is 10.6. The standard InChI is InChI=1S/C69H60N2.C33H20Br2.C19H22/c1-65-39-17-19-41-67(65,3)70(63-51-27-13-11-21-45(51)31-37-58(63)65)49-33-35-55-57(43-49)53-29-15-16-30-54(53)61-56-36-34-50(44-60(56)69(62(55)61,47-23-7-5-8-24-47)48-25-9-6-10-26-48)71-64-52-28-14-12-22-46(52)32-38-59(64)66(2)40-18-20-42-68(66,71)4;34-23-15-17-27-29(19-23)25-13-7-8-14-26(25)31-28-18-16-24(35)20-30(28)33(32(27)31,21-9-3-1-4-10-21)22-11-5-2-6-12-22;1-18-11-5-6-12-19(18,2)17-10-9-14-7-3-4-8-15(14)16(17)13-18/h5-16,21-38,43-44H,17-20,39-42H2,1-4H3;1-20H;3-4,7-10H,5-6,11-13H2,1-2H3. The lowest BCUT2D eigenvalue weighted by Crippen LogP contribution is -2.54. The van der Waals surface area contributed by atoms with Crippen LogP contribution in [0, 0.1) is 5.41 Å². The lowest BCUT2D eigenvalue weighted by molar-refractivity contribution is 0.110. The molecule has 3 fully saturated rings. The number of rotatable bonds is 6. The number of fused-ring (bicyclic) bond motifs is 31. The summed E-state index contributed by atoms with van der Waals surface area (Å²) < 4.78 is 2.19. The van der Waals surface area contributed by atoms with Gasteiger partial charge in [0.2, 0.25) is 0 Å². The van der Waals surface area contributed by atoms with Gasteiger partial charge in [0.05, 0.1) is 33.3 Å². The van der Waals surface area contributed by atoms with E-state index in [2.05, 4.69) is 435 Å². The van der Waals surface area contributed by atoms with Crippen molar-refractivity contribution >= 4 is 130 Å². The van der Waals surface area contributed by atoms with E-state index < -0.39 is 10.8 Å². The normalized spacial score (nSPS) is 22.9. The van der Waals surface area contributed by atoms with E-state index in [9.17, 15) is 0 Å². The van der Waals surface area contributed by atoms with Crippen LogP contribution in [-0.4, -0.2) is 11.1 Å². The van der Waals surface area contributed by atoms with E-state index in [1.165, 1.54) is 247 Å². The van der Waals surface area contributed by atoms with Crippen molar-refractivity contribution in [3.8, 4) is 22.3 Å². The second-order valence-electron chi connectivity index (χ2n) is 39.1. The van der Waals surface area contributed by atoms with Gasteiger partial charge >= 0.3 is 0 Å². The van der Waals surface area contributed by atoms with Crippen LogP contribution in [0.3, 0.4) is 0 Å². The highest BCUT2D eigenvalue weighted by Crippen LogP contribution is 2.69. The zero-order valence-corrected chi connectivity index (χ0v) is 75.5. The summed E-state index contributed by atoms with van der Waals surface area (Å²) in [5.74, 6) is 0. The van der Waals surface area contributed by atoms with Crippen LogP contribution in [0.2, 0.25) is 0 Å². The quantitative estimate of drug-likeness (QED) is 0.153. The first-order valence-electron chi connectivity index (χ1n) is 46.0. The van der Waals surface area contributed by atoms with Gasteiger partial charge in [0, 0.05) is 41.9 Å². The van der Waals surface area contributed by atoms with Crippen molar-refractivity contribution in [1.29, 1.82) is 0 Å². The average molecular weight is 1740 g/mol. The van der Waals surface area contributed by atoms with Crippen LogP contribution < -0.4 is 9.80 Å². The molecule has 6 unspecified atom stereocenters. The molecule has 0 saturated heterocycles. The molecular weight excluding hydrogens is 1640 g/mol. The van der Waals surface area contributed by atoms with Crippen LogP contribution in [-0.2, 0) is 33.5 Å². The maximum absolute atomic E-state index is 3.81. The van der Waals surface area contributed by atoms with Crippen LogP contribution in [0.15, 0.2) is 361 Å². The summed E-state index contributed by atoms with van der Waals surface area (Å²) in [4.78, 5) is 5.64. The van der Waals surface area contributed by atoms with Gasteiger partial charge < -0.3 is 9.80 Å². The summed E-state index contributed by atoms with van der Waals surface area (Å²) in [5, 5.41) is 18.7. The molecule has 610 valence electrons. The molecule has 0 radical (unpaired) electrons. The number of benzene rings is 18. The zero-order valence-electron chi connectivity index (χ0n) is 72.3. The molecule has 2 nitrogen and oxygen atoms in total. The lowest BCUT2D eigenvalue weighted by Gasteiger charge is -2.50. The molecule has 0 amide bonds. The fraction of sp³-hybridized carbons (Fsp3) is 0.223. The second-order valence-corrected chi connectivity index (χ2v) is 41.0. The Morgan fingerprint density at radius 1 is 0.248 bits per heavy atom. The first kappa shape index (κ1) is 76.9. The molecule has 6 aliphatic carbocycles. The Morgan fingerprint density at radius 2 is 0.600 bits per heavy atom. The van der Waals surface area contributed by atoms with Crippen LogP contribution in [0.4, 0.5) is 22.7 Å². The van der Waals surface area contributed by atoms with E-state index in [0.717, 1.165) is 21.8 Å². The summed E-state index contributed by atoms with van der Waals surface area (Å²) in [6, 6.07) is 134. The molecule has 0 bridgehead atoms. The predicted octanol–water partition coefficient (Wildman–Crippen LogP) is 33.3. The molecule has 2 aliphatic heterocycles. The number of nitrogens with zero attached hydrogens (tertiary/aromatic N) is 2. The maximum atomic E-state index is 3.81. The Balaban J connectivity index is 0.000000132. The topological polar surface area (TPSA) is 6.48 Å². The highest BCUT2D eigenvalue weighted by Gasteiger charge is 2.61. The van der Waals surface area contributed by atoms with E-state index in [1.807, 2.05) is 0 Å². The van der Waals surface area contributed by atoms with Gasteiger partial charge in [-0.05, 0) is 272 Å². The molecule has 0 spiro atoms. The summed E-state index contributed by atoms with van der Waals surface area (Å²) >= 11 is 7.56. The molecule has 125 heavy (non-hydrogen) atoms. The van der Waals surface area contributed by atoms with E-state index in [4.69, 9.17) is 0 Å². The highest BCUT2D eigenvalue weighted by atomic mass is 79.9. The van der Waals surface area contributed by atoms with Crippen molar-refractivity contribution in [3.05, 3.63) is 428 Å². The van der Waals surface area contributed by atoms with E-state index in [1.54, 1.807) is 11.1 Å². The Hall–Kier alpha value is -11.7. The minimum absolute atomic E-state index is 0.0148. The molecule has 18 aromatic rings. The fourth-order valence-electron chi connectivity index (χ4n) is 27.1. The molecular formula is C121H102Br2N2. The number of hydrogen-bond donors (Lipinski definition) is 0. The predicted molar refractivity (Wildman–Crippen MR) is 535 cm³/mol. The maximum Gasteiger partial charge on any atom is 0.0720 e. The Bertz CT molecular complexity index is 7420. The van der Waals surface area contributed by atoms with Crippen LogP contribution in [0.5, 0.6) is 0 Å². The lowest BCUT2D eigenvalue weighted by atomic mass is 9.58. The van der Waals surface area contributed by atoms with Crippen molar-refractivity contribution in [2.24, 2.45) is 5.41 Å². The summed E-state index contributed by atoms with van der Waals surface area (Å²) in [5.41, 5.74) is 27.3. The van der Waals surface area contributed by atoms with Gasteiger partial charge in [0.25, 0.3) is 0 Å². The average Bonchev–Trinajstić information content (AvgIpc) is 1.52. The number of anilines is 4. The smallest absolute Gasteiger partial charge is 0.0720 e. The van der Waals surface area contributed by atoms with Crippen molar-refractivity contribution in [1.82, 2.24) is 0 Å². The van der Waals surface area contributed by atoms with Gasteiger partial charge in [-0.15, -0.1) is 0 Å². The van der Waals surface area contributed by atoms with Crippen LogP contribution in [0.25, 0.3) is 97.7 Å². The summed E-state index contributed by atoms with van der Waals surface area (Å²) in [6.45, 7) is 15.4. The van der Waals surface area contributed by atoms with Gasteiger partial charge in [0.15, 0.2) is 0 Å². The van der Waals surface area contributed by atoms with E-state index >= 15 is 0 Å². The zero-order chi connectivity index (χ0) is 84.1. The third-order valence-electron chi connectivity index (χ3n) is 33.6. The van der Waals surface area contributed by atoms with Crippen LogP contribution >= 0.6 is 31.9 Å². The molecule has 2 heterocycles. The third-order valence-corrected chi connectivity index (χ3v) is 34.6. The Labute approximate surface area is 752 Å². The molecule has 0 N–H and O–H groups in total. The number of halogens is 2. The number of hydrogen-bond acceptors (Lipinski definition) is 2. The summed E-state index contributed by atoms with van der Waals surface area (Å²) in [6.07, 6.45) is 16.6. The van der Waals surface area contributed by atoms with E-state index in [-0.39, 0.29) is 21.9 Å². The molecule has 26 rings (SSSR count). The van der Waals surface area contributed by atoms with Gasteiger partial charge in [-0.2, -0.15) is 0 Å². The van der Waals surface area contributed by atoms with Crippen molar-refractivity contribution in [3.63, 3.8) is 0 Å². The largest absolute Gasteiger partial charge is 0.334 e. The SMILES string of the molecule is Brc1ccc2c(c1)C(c1ccccc1)(c1ccccc1)c1c-2c2ccccc2c2cc(Br)ccc12.CC12CCCCC1(C)N(c1ccc3c(c1)C(c1ccccc1)(c1ccccc1)c1c-3c3ccccc3c3cc(N4c5c(ccc6ccccc56)C5(C)CCCCC45C)ccc13)c1c2ccc2ccccc12.CC12CCCCC1(C)c1ccc3ccccc3c1C2. The molecule has 18 aromatic carbocycles. The first-order chi connectivity index (χ1) is 61.0. The first-order valence-corrected chi connectivity index (χ1v) is 47.6. The Kier molecular flexibility index (Phi) is 17.5. The van der Waals surface area contributed by atoms with Crippen LogP contribution in [0.1, 0.15) is 185 Å². The highest BCUT2D eigenvalue weighted by molar-refractivity contribution is 9.10. The summed E-state index contributed by atoms with van der Waals surface area (Å²) in [7, 11) is 0. The molecule has 6 atom stereocenters. The minimum atomic E-state index is -0.616. The molecule has 3 saturated carbocycles. The molecule has 8 aliphatic rings. The molecule has 4 heteroatoms. The van der Waals surface area contributed by atoms with Gasteiger partial charge in [-0.1, -0.05) is 401 Å². The van der Waals surface area contributed by atoms with Gasteiger partial charge in [0.1, 0.15) is 0 Å².